The van der Waals surface area contributed by atoms with E-state index in [2.05, 4.69) is 0 Å². The van der Waals surface area contributed by atoms with Gasteiger partial charge in [0, 0.05) is 18.0 Å². The number of likely N-dealkylation sites (tertiary alicyclic amines) is 1. The van der Waals surface area contributed by atoms with Crippen LogP contribution in [0.2, 0.25) is 0 Å². The monoisotopic (exact) mass is 620 g/mol. The highest BCUT2D eigenvalue weighted by Crippen LogP contribution is 2.65. The number of benzene rings is 1. The predicted octanol–water partition coefficient (Wildman–Crippen LogP) is -2.09. The summed E-state index contributed by atoms with van der Waals surface area (Å²) in [5.74, 6) is -7.59. The SMILES string of the molecule is C[C@H](OC(=O)[C@H](O)[C@@H](O)C(=O)OC1=CC[C@@]2(O)[C@H]3Cc4ccc(O)c5c4[C@@]2(CCN3C)[C@H]1O5)C(=O)N[C@H](CC(=O)O)C(=O)O. The Labute approximate surface area is 249 Å². The lowest BCUT2D eigenvalue weighted by Crippen LogP contribution is -2.74. The maximum absolute atomic E-state index is 12.9. The van der Waals surface area contributed by atoms with Crippen molar-refractivity contribution in [1.29, 1.82) is 0 Å². The fourth-order valence-corrected chi connectivity index (χ4v) is 6.83. The molecule has 7 N–H and O–H groups in total. The van der Waals surface area contributed by atoms with Gasteiger partial charge >= 0.3 is 23.9 Å². The van der Waals surface area contributed by atoms with Gasteiger partial charge in [0.15, 0.2) is 35.9 Å². The van der Waals surface area contributed by atoms with Crippen molar-refractivity contribution in [3.05, 3.63) is 35.1 Å². The second kappa shape index (κ2) is 11.0. The minimum absolute atomic E-state index is 0.0333. The van der Waals surface area contributed by atoms with Gasteiger partial charge in [0.05, 0.1) is 17.4 Å². The number of esters is 2. The van der Waals surface area contributed by atoms with Gasteiger partial charge in [-0.05, 0) is 51.1 Å². The molecule has 1 aromatic carbocycles. The lowest BCUT2D eigenvalue weighted by atomic mass is 9.50. The van der Waals surface area contributed by atoms with Crippen LogP contribution in [0.15, 0.2) is 24.0 Å². The molecule has 1 aromatic rings. The molecule has 1 saturated heterocycles. The van der Waals surface area contributed by atoms with E-state index >= 15 is 0 Å². The Morgan fingerprint density at radius 1 is 1.14 bits per heavy atom. The molecule has 0 radical (unpaired) electrons. The summed E-state index contributed by atoms with van der Waals surface area (Å²) in [5.41, 5.74) is -0.963. The third-order valence-electron chi connectivity index (χ3n) is 9.01. The minimum Gasteiger partial charge on any atom is -0.504 e. The number of carboxylic acid groups (broad SMARTS) is 2. The van der Waals surface area contributed by atoms with Gasteiger partial charge in [0.2, 0.25) is 0 Å². The van der Waals surface area contributed by atoms with E-state index in [0.717, 1.165) is 12.5 Å². The number of nitrogens with zero attached hydrogens (tertiary/aromatic N) is 1. The van der Waals surface area contributed by atoms with Crippen molar-refractivity contribution >= 4 is 29.8 Å². The number of phenolic OH excluding ortho intramolecular Hbond substituents is 1. The largest absolute Gasteiger partial charge is 0.504 e. The molecule has 16 nitrogen and oxygen atoms in total. The summed E-state index contributed by atoms with van der Waals surface area (Å²) in [6.45, 7) is 1.56. The maximum atomic E-state index is 12.9. The molecule has 2 bridgehead atoms. The van der Waals surface area contributed by atoms with E-state index in [1.54, 1.807) is 6.07 Å². The molecule has 16 heteroatoms. The number of phenols is 1. The highest BCUT2D eigenvalue weighted by Gasteiger charge is 2.72. The minimum atomic E-state index is -2.54. The van der Waals surface area contributed by atoms with Gasteiger partial charge in [-0.1, -0.05) is 6.07 Å². The maximum Gasteiger partial charge on any atom is 0.343 e. The van der Waals surface area contributed by atoms with Crippen LogP contribution >= 0.6 is 0 Å². The van der Waals surface area contributed by atoms with Crippen molar-refractivity contribution in [2.75, 3.05) is 13.6 Å². The molecule has 4 aliphatic rings. The van der Waals surface area contributed by atoms with E-state index in [4.69, 9.17) is 24.4 Å². The summed E-state index contributed by atoms with van der Waals surface area (Å²) >= 11 is 0. The van der Waals surface area contributed by atoms with Gasteiger partial charge < -0.3 is 55.1 Å². The topological polar surface area (TPSA) is 250 Å². The molecule has 44 heavy (non-hydrogen) atoms. The summed E-state index contributed by atoms with van der Waals surface area (Å²) in [6.07, 6.45) is -6.49. The zero-order chi connectivity index (χ0) is 32.3. The summed E-state index contributed by atoms with van der Waals surface area (Å²) in [6, 6.07) is 1.10. The van der Waals surface area contributed by atoms with Crippen molar-refractivity contribution in [1.82, 2.24) is 10.2 Å². The zero-order valence-corrected chi connectivity index (χ0v) is 23.6. The van der Waals surface area contributed by atoms with Crippen LogP contribution in [0.1, 0.15) is 37.3 Å². The molecule has 2 aliphatic carbocycles. The zero-order valence-electron chi connectivity index (χ0n) is 23.6. The van der Waals surface area contributed by atoms with Crippen molar-refractivity contribution < 1.29 is 68.8 Å². The molecule has 8 atom stereocenters. The number of aromatic hydroxyl groups is 1. The molecule has 1 amide bonds. The average molecular weight is 621 g/mol. The number of carboxylic acids is 2. The van der Waals surface area contributed by atoms with Crippen LogP contribution in [0.3, 0.4) is 0 Å². The molecule has 1 fully saturated rings. The van der Waals surface area contributed by atoms with Crippen molar-refractivity contribution in [3.8, 4) is 11.5 Å². The van der Waals surface area contributed by atoms with E-state index in [1.165, 1.54) is 12.1 Å². The molecule has 0 unspecified atom stereocenters. The van der Waals surface area contributed by atoms with E-state index < -0.39 is 77.7 Å². The number of piperidine rings is 1. The Bertz CT molecular complexity index is 1460. The number of amides is 1. The third-order valence-corrected chi connectivity index (χ3v) is 9.01. The first-order valence-corrected chi connectivity index (χ1v) is 13.8. The Morgan fingerprint density at radius 2 is 1.82 bits per heavy atom. The van der Waals surface area contributed by atoms with E-state index in [9.17, 15) is 44.4 Å². The fourth-order valence-electron chi connectivity index (χ4n) is 6.83. The highest BCUT2D eigenvalue weighted by molar-refractivity contribution is 5.91. The first-order chi connectivity index (χ1) is 20.6. The molecular formula is C28H32N2O14. The van der Waals surface area contributed by atoms with Crippen LogP contribution in [0.5, 0.6) is 11.5 Å². The summed E-state index contributed by atoms with van der Waals surface area (Å²) in [5, 5.41) is 63.2. The Kier molecular flexibility index (Phi) is 7.82. The molecular weight excluding hydrogens is 588 g/mol. The number of aliphatic hydroxyl groups is 3. The van der Waals surface area contributed by atoms with Crippen LogP contribution in [0.25, 0.3) is 0 Å². The van der Waals surface area contributed by atoms with Gasteiger partial charge in [-0.3, -0.25) is 9.59 Å². The van der Waals surface area contributed by atoms with Crippen molar-refractivity contribution in [3.63, 3.8) is 0 Å². The Hall–Kier alpha value is -4.25. The van der Waals surface area contributed by atoms with E-state index in [0.29, 0.717) is 24.9 Å². The fraction of sp³-hybridized carbons (Fsp3) is 0.536. The van der Waals surface area contributed by atoms with Gasteiger partial charge in [0.1, 0.15) is 11.8 Å². The standard InChI is InChI=1S/C28H32N2O14/c1-11(23(36)29-13(24(37)38)10-17(32)33)42-25(39)19(34)20(35)26(40)43-15-5-6-28(41)16-9-12-3-4-14(31)21-18(12)27(28,22(15)44-21)7-8-30(16)2/h3-5,11,13,16,19-20,22,31,34-35,41H,6-10H2,1-2H3,(H,29,36)(H,32,33)(H,37,38)/t11-,13+,16+,19+,20+,22-,27-,28+/m0/s1. The molecule has 2 aliphatic heterocycles. The van der Waals surface area contributed by atoms with E-state index in [-0.39, 0.29) is 29.7 Å². The number of hydrogen-bond donors (Lipinski definition) is 7. The second-order valence-corrected chi connectivity index (χ2v) is 11.5. The average Bonchev–Trinajstić information content (AvgIpc) is 3.32. The lowest BCUT2D eigenvalue weighted by molar-refractivity contribution is -0.181. The van der Waals surface area contributed by atoms with Gasteiger partial charge in [-0.15, -0.1) is 0 Å². The number of nitrogens with one attached hydrogen (secondary N) is 1. The van der Waals surface area contributed by atoms with Crippen LogP contribution in [-0.2, 0) is 45.3 Å². The number of aliphatic hydroxyl groups excluding tert-OH is 2. The summed E-state index contributed by atoms with van der Waals surface area (Å²) in [7, 11) is 1.90. The Balaban J connectivity index is 1.29. The number of ether oxygens (including phenoxy) is 3. The van der Waals surface area contributed by atoms with Crippen LogP contribution in [0, 0.1) is 0 Å². The smallest absolute Gasteiger partial charge is 0.343 e. The van der Waals surface area contributed by atoms with Crippen LogP contribution in [-0.4, -0.2) is 121 Å². The molecule has 0 aromatic heterocycles. The van der Waals surface area contributed by atoms with Gasteiger partial charge in [-0.25, -0.2) is 14.4 Å². The van der Waals surface area contributed by atoms with Crippen LogP contribution < -0.4 is 10.1 Å². The molecule has 238 valence electrons. The molecule has 0 saturated carbocycles. The Morgan fingerprint density at radius 3 is 2.48 bits per heavy atom. The third kappa shape index (κ3) is 4.74. The quantitative estimate of drug-likeness (QED) is 0.139. The number of likely N-dealkylation sites (N-methyl/N-ethyl adjacent to an activating group) is 1. The number of rotatable bonds is 10. The molecule has 5 rings (SSSR count). The normalized spacial score (nSPS) is 29.1. The number of aliphatic carboxylic acids is 2. The number of carbonyl (C=O) groups excluding carboxylic acids is 3. The molecule has 2 heterocycles. The van der Waals surface area contributed by atoms with Crippen molar-refractivity contribution in [2.45, 2.75) is 80.1 Å². The number of carbonyl (C=O) groups is 5. The highest BCUT2D eigenvalue weighted by atomic mass is 16.6. The summed E-state index contributed by atoms with van der Waals surface area (Å²) in [4.78, 5) is 61.6. The first kappa shape index (κ1) is 31.2. The van der Waals surface area contributed by atoms with Gasteiger partial charge in [0.25, 0.3) is 5.91 Å². The van der Waals surface area contributed by atoms with Gasteiger partial charge in [-0.2, -0.15) is 0 Å². The van der Waals surface area contributed by atoms with E-state index in [1.807, 2.05) is 17.3 Å². The second-order valence-electron chi connectivity index (χ2n) is 11.5. The summed E-state index contributed by atoms with van der Waals surface area (Å²) < 4.78 is 16.3. The van der Waals surface area contributed by atoms with Crippen molar-refractivity contribution in [2.24, 2.45) is 0 Å². The molecule has 1 spiro atoms. The number of hydrogen-bond acceptors (Lipinski definition) is 13. The predicted molar refractivity (Wildman–Crippen MR) is 142 cm³/mol. The lowest BCUT2D eigenvalue weighted by Gasteiger charge is -2.61. The van der Waals surface area contributed by atoms with Crippen LogP contribution in [0.4, 0.5) is 0 Å². The first-order valence-electron chi connectivity index (χ1n) is 13.8.